The highest BCUT2D eigenvalue weighted by atomic mass is 127. The fraction of sp³-hybridized carbons (Fsp3) is 0.700. The van der Waals surface area contributed by atoms with Crippen LogP contribution in [-0.4, -0.2) is 49.5 Å². The molecule has 1 aromatic rings. The van der Waals surface area contributed by atoms with Crippen molar-refractivity contribution in [2.75, 3.05) is 32.7 Å². The van der Waals surface area contributed by atoms with E-state index >= 15 is 0 Å². The zero-order valence-electron chi connectivity index (χ0n) is 16.3. The number of halogens is 1. The zero-order valence-corrected chi connectivity index (χ0v) is 19.5. The summed E-state index contributed by atoms with van der Waals surface area (Å²) in [6, 6.07) is 4.43. The Hall–Kier alpha value is -0.830. The minimum Gasteiger partial charge on any atom is -0.357 e. The minimum absolute atomic E-state index is 0. The standard InChI is InChI=1S/C20H32N4OS.HI/c1-2-21-19(22-15-18(25)24-12-6-7-13-24)23-16-20(10-4-3-5-11-20)17-9-8-14-26-17;/h8-9,14H,2-7,10-13,15-16H2,1H3,(H2,21,22,23);1H. The van der Waals surface area contributed by atoms with Crippen molar-refractivity contribution in [3.8, 4) is 0 Å². The van der Waals surface area contributed by atoms with Crippen LogP contribution in [0.4, 0.5) is 0 Å². The van der Waals surface area contributed by atoms with E-state index in [0.717, 1.165) is 45.0 Å². The molecule has 0 radical (unpaired) electrons. The molecule has 0 aromatic carbocycles. The molecule has 1 saturated carbocycles. The van der Waals surface area contributed by atoms with Gasteiger partial charge in [0.25, 0.3) is 0 Å². The third kappa shape index (κ3) is 6.07. The Morgan fingerprint density at radius 2 is 1.93 bits per heavy atom. The molecule has 27 heavy (non-hydrogen) atoms. The second-order valence-electron chi connectivity index (χ2n) is 7.45. The molecular weight excluding hydrogens is 471 g/mol. The smallest absolute Gasteiger partial charge is 0.244 e. The van der Waals surface area contributed by atoms with Gasteiger partial charge in [-0.3, -0.25) is 4.79 Å². The van der Waals surface area contributed by atoms with Gasteiger partial charge in [-0.25, -0.2) is 4.99 Å². The molecule has 5 nitrogen and oxygen atoms in total. The lowest BCUT2D eigenvalue weighted by Gasteiger charge is -2.37. The van der Waals surface area contributed by atoms with Crippen LogP contribution in [0.2, 0.25) is 0 Å². The highest BCUT2D eigenvalue weighted by Crippen LogP contribution is 2.41. The van der Waals surface area contributed by atoms with Crippen LogP contribution in [-0.2, 0) is 10.2 Å². The van der Waals surface area contributed by atoms with E-state index in [2.05, 4.69) is 40.1 Å². The number of aliphatic imine (C=N–C) groups is 1. The molecule has 2 heterocycles. The molecular formula is C20H33IN4OS. The second-order valence-corrected chi connectivity index (χ2v) is 8.40. The van der Waals surface area contributed by atoms with Crippen molar-refractivity contribution in [3.05, 3.63) is 22.4 Å². The number of nitrogens with zero attached hydrogens (tertiary/aromatic N) is 2. The summed E-state index contributed by atoms with van der Waals surface area (Å²) in [4.78, 5) is 20.2. The van der Waals surface area contributed by atoms with Crippen molar-refractivity contribution < 1.29 is 4.79 Å². The number of nitrogens with one attached hydrogen (secondary N) is 2. The van der Waals surface area contributed by atoms with Crippen LogP contribution < -0.4 is 10.6 Å². The number of amides is 1. The van der Waals surface area contributed by atoms with Gasteiger partial charge in [-0.2, -0.15) is 0 Å². The van der Waals surface area contributed by atoms with Crippen molar-refractivity contribution in [1.82, 2.24) is 15.5 Å². The lowest BCUT2D eigenvalue weighted by Crippen LogP contribution is -2.46. The number of carbonyl (C=O) groups is 1. The van der Waals surface area contributed by atoms with Crippen molar-refractivity contribution in [1.29, 1.82) is 0 Å². The molecule has 152 valence electrons. The molecule has 1 saturated heterocycles. The number of guanidine groups is 1. The molecule has 1 aliphatic carbocycles. The van der Waals surface area contributed by atoms with Gasteiger partial charge < -0.3 is 15.5 Å². The number of rotatable bonds is 6. The SMILES string of the molecule is CCNC(=NCC(=O)N1CCCC1)NCC1(c2cccs2)CCCCC1.I. The molecule has 7 heteroatoms. The quantitative estimate of drug-likeness (QED) is 0.353. The van der Waals surface area contributed by atoms with Gasteiger partial charge in [-0.05, 0) is 44.1 Å². The van der Waals surface area contributed by atoms with Crippen LogP contribution >= 0.6 is 35.3 Å². The Bertz CT molecular complexity index is 593. The van der Waals surface area contributed by atoms with Crippen LogP contribution in [0, 0.1) is 0 Å². The van der Waals surface area contributed by atoms with E-state index in [1.807, 2.05) is 16.2 Å². The lowest BCUT2D eigenvalue weighted by molar-refractivity contribution is -0.128. The van der Waals surface area contributed by atoms with Crippen molar-refractivity contribution in [2.24, 2.45) is 4.99 Å². The maximum atomic E-state index is 12.3. The van der Waals surface area contributed by atoms with Crippen LogP contribution in [0.15, 0.2) is 22.5 Å². The van der Waals surface area contributed by atoms with Crippen LogP contribution in [0.25, 0.3) is 0 Å². The minimum atomic E-state index is 0. The number of thiophene rings is 1. The molecule has 0 unspecified atom stereocenters. The Kier molecular flexibility index (Phi) is 9.35. The van der Waals surface area contributed by atoms with E-state index in [1.54, 1.807) is 0 Å². The fourth-order valence-corrected chi connectivity index (χ4v) is 5.11. The topological polar surface area (TPSA) is 56.7 Å². The fourth-order valence-electron chi connectivity index (χ4n) is 4.13. The third-order valence-corrected chi connectivity index (χ3v) is 6.74. The summed E-state index contributed by atoms with van der Waals surface area (Å²) in [5, 5.41) is 9.02. The molecule has 3 rings (SSSR count). The summed E-state index contributed by atoms with van der Waals surface area (Å²) in [5.74, 6) is 0.909. The van der Waals surface area contributed by atoms with Crippen LogP contribution in [0.3, 0.4) is 0 Å². The number of likely N-dealkylation sites (tertiary alicyclic amines) is 1. The largest absolute Gasteiger partial charge is 0.357 e. The van der Waals surface area contributed by atoms with Gasteiger partial charge in [0.2, 0.25) is 5.91 Å². The molecule has 0 spiro atoms. The van der Waals surface area contributed by atoms with E-state index in [9.17, 15) is 4.79 Å². The first-order valence-corrected chi connectivity index (χ1v) is 11.0. The van der Waals surface area contributed by atoms with Crippen LogP contribution in [0.1, 0.15) is 56.7 Å². The average molecular weight is 504 g/mol. The number of hydrogen-bond donors (Lipinski definition) is 2. The summed E-state index contributed by atoms with van der Waals surface area (Å²) >= 11 is 1.87. The number of carbonyl (C=O) groups excluding carboxylic acids is 1. The summed E-state index contributed by atoms with van der Waals surface area (Å²) in [7, 11) is 0. The summed E-state index contributed by atoms with van der Waals surface area (Å²) < 4.78 is 0. The second kappa shape index (κ2) is 11.2. The molecule has 0 bridgehead atoms. The Morgan fingerprint density at radius 3 is 2.56 bits per heavy atom. The van der Waals surface area contributed by atoms with Gasteiger partial charge in [0.05, 0.1) is 0 Å². The normalized spacial score (nSPS) is 19.4. The van der Waals surface area contributed by atoms with E-state index in [-0.39, 0.29) is 41.8 Å². The van der Waals surface area contributed by atoms with Gasteiger partial charge in [-0.15, -0.1) is 35.3 Å². The molecule has 1 aromatic heterocycles. The Labute approximate surface area is 184 Å². The van der Waals surface area contributed by atoms with Gasteiger partial charge >= 0.3 is 0 Å². The average Bonchev–Trinajstić information content (AvgIpc) is 3.38. The highest BCUT2D eigenvalue weighted by Gasteiger charge is 2.34. The maximum absolute atomic E-state index is 12.3. The molecule has 2 fully saturated rings. The van der Waals surface area contributed by atoms with Gasteiger partial charge in [-0.1, -0.05) is 25.3 Å². The van der Waals surface area contributed by atoms with Crippen molar-refractivity contribution in [3.63, 3.8) is 0 Å². The van der Waals surface area contributed by atoms with E-state index in [1.165, 1.54) is 37.0 Å². The first-order chi connectivity index (χ1) is 12.7. The van der Waals surface area contributed by atoms with Crippen LogP contribution in [0.5, 0.6) is 0 Å². The molecule has 0 atom stereocenters. The zero-order chi connectivity index (χ0) is 18.2. The van der Waals surface area contributed by atoms with Gasteiger partial charge in [0.1, 0.15) is 6.54 Å². The molecule has 2 aliphatic rings. The Morgan fingerprint density at radius 1 is 1.19 bits per heavy atom. The van der Waals surface area contributed by atoms with Gasteiger partial charge in [0.15, 0.2) is 5.96 Å². The van der Waals surface area contributed by atoms with E-state index in [4.69, 9.17) is 0 Å². The first kappa shape index (κ1) is 22.5. The maximum Gasteiger partial charge on any atom is 0.244 e. The highest BCUT2D eigenvalue weighted by molar-refractivity contribution is 14.0. The first-order valence-electron chi connectivity index (χ1n) is 10.1. The van der Waals surface area contributed by atoms with Crippen molar-refractivity contribution in [2.45, 2.75) is 57.3 Å². The monoisotopic (exact) mass is 504 g/mol. The van der Waals surface area contributed by atoms with Crippen molar-refractivity contribution >= 4 is 47.2 Å². The summed E-state index contributed by atoms with van der Waals surface area (Å²) in [6.07, 6.45) is 8.63. The van der Waals surface area contributed by atoms with E-state index < -0.39 is 0 Å². The predicted molar refractivity (Wildman–Crippen MR) is 124 cm³/mol. The predicted octanol–water partition coefficient (Wildman–Crippen LogP) is 3.75. The lowest BCUT2D eigenvalue weighted by atomic mass is 9.73. The number of hydrogen-bond acceptors (Lipinski definition) is 3. The molecule has 1 aliphatic heterocycles. The third-order valence-electron chi connectivity index (χ3n) is 5.62. The Balaban J connectivity index is 0.00000261. The van der Waals surface area contributed by atoms with E-state index in [0.29, 0.717) is 0 Å². The van der Waals surface area contributed by atoms with Gasteiger partial charge in [0, 0.05) is 36.5 Å². The molecule has 2 N–H and O–H groups in total. The summed E-state index contributed by atoms with van der Waals surface area (Å²) in [5.41, 5.74) is 0.210. The molecule has 1 amide bonds. The summed E-state index contributed by atoms with van der Waals surface area (Å²) in [6.45, 7) is 5.77.